The molecule has 0 radical (unpaired) electrons. The maximum absolute atomic E-state index is 12.6. The van der Waals surface area contributed by atoms with Crippen molar-refractivity contribution in [1.29, 1.82) is 0 Å². The van der Waals surface area contributed by atoms with Gasteiger partial charge in [0.05, 0.1) is 0 Å². The van der Waals surface area contributed by atoms with Crippen molar-refractivity contribution in [2.75, 3.05) is 18.4 Å². The lowest BCUT2D eigenvalue weighted by molar-refractivity contribution is -0.274. The second-order valence-corrected chi connectivity index (χ2v) is 10.4. The Morgan fingerprint density at radius 2 is 1.72 bits per heavy atom. The molecule has 1 aliphatic heterocycles. The van der Waals surface area contributed by atoms with E-state index in [1.165, 1.54) is 12.1 Å². The van der Waals surface area contributed by atoms with Crippen LogP contribution in [-0.4, -0.2) is 56.7 Å². The summed E-state index contributed by atoms with van der Waals surface area (Å²) in [5, 5.41) is 8.06. The van der Waals surface area contributed by atoms with Crippen molar-refractivity contribution in [1.82, 2.24) is 19.5 Å². The molecule has 2 fully saturated rings. The Balaban J connectivity index is 1.32. The minimum absolute atomic E-state index is 0.142. The number of nitrogens with one attached hydrogen (secondary N) is 1. The Kier molecular flexibility index (Phi) is 5.96. The number of piperidine rings is 1. The maximum atomic E-state index is 12.6. The molecule has 1 aromatic carbocycles. The summed E-state index contributed by atoms with van der Waals surface area (Å²) in [6.07, 6.45) is -1.23. The van der Waals surface area contributed by atoms with Crippen molar-refractivity contribution in [2.24, 2.45) is 11.8 Å². The van der Waals surface area contributed by atoms with Gasteiger partial charge in [-0.2, -0.15) is 4.98 Å². The van der Waals surface area contributed by atoms with Gasteiger partial charge in [0.15, 0.2) is 5.65 Å². The monoisotopic (exact) mass is 503 g/mol. The van der Waals surface area contributed by atoms with Crippen molar-refractivity contribution < 1.29 is 27.4 Å². The summed E-state index contributed by atoms with van der Waals surface area (Å²) in [5.41, 5.74) is 1.48. The van der Waals surface area contributed by atoms with Crippen LogP contribution in [0.15, 0.2) is 42.6 Å². The molecule has 2 bridgehead atoms. The first-order valence-electron chi connectivity index (χ1n) is 11.9. The van der Waals surface area contributed by atoms with Crippen molar-refractivity contribution in [3.05, 3.63) is 42.6 Å². The fourth-order valence-corrected chi connectivity index (χ4v) is 5.11. The van der Waals surface area contributed by atoms with Crippen LogP contribution in [0.5, 0.6) is 5.75 Å². The van der Waals surface area contributed by atoms with Crippen LogP contribution >= 0.6 is 0 Å². The summed E-state index contributed by atoms with van der Waals surface area (Å²) in [7, 11) is 0. The Labute approximate surface area is 206 Å². The number of aromatic nitrogens is 3. The summed E-state index contributed by atoms with van der Waals surface area (Å²) in [6.45, 7) is 6.83. The van der Waals surface area contributed by atoms with Gasteiger partial charge >= 0.3 is 12.5 Å². The number of anilines is 1. The molecule has 1 saturated carbocycles. The second kappa shape index (κ2) is 8.86. The molecule has 5 rings (SSSR count). The van der Waals surface area contributed by atoms with E-state index >= 15 is 0 Å². The summed E-state index contributed by atoms with van der Waals surface area (Å²) in [4.78, 5) is 19.1. The summed E-state index contributed by atoms with van der Waals surface area (Å²) in [6, 6.07) is 9.47. The predicted octanol–water partition coefficient (Wildman–Crippen LogP) is 5.35. The molecule has 0 spiro atoms. The van der Waals surface area contributed by atoms with Crippen LogP contribution in [-0.2, 0) is 4.74 Å². The molecule has 11 heteroatoms. The number of carbonyl (C=O) groups is 1. The fraction of sp³-hybridized carbons (Fsp3) is 0.480. The highest BCUT2D eigenvalue weighted by molar-refractivity contribution is 5.78. The first-order chi connectivity index (χ1) is 16.9. The second-order valence-electron chi connectivity index (χ2n) is 10.4. The van der Waals surface area contributed by atoms with E-state index in [4.69, 9.17) is 4.74 Å². The van der Waals surface area contributed by atoms with Crippen molar-refractivity contribution >= 4 is 17.7 Å². The first kappa shape index (κ1) is 24.2. The number of pyridine rings is 1. The van der Waals surface area contributed by atoms with E-state index in [0.717, 1.165) is 18.4 Å². The molecule has 3 heterocycles. The summed E-state index contributed by atoms with van der Waals surface area (Å²) < 4.78 is 48.6. The number of halogens is 3. The van der Waals surface area contributed by atoms with Gasteiger partial charge in [-0.25, -0.2) is 9.31 Å². The Hall–Kier alpha value is -3.50. The summed E-state index contributed by atoms with van der Waals surface area (Å²) in [5.74, 6) is 0.731. The van der Waals surface area contributed by atoms with E-state index in [1.54, 1.807) is 27.7 Å². The van der Waals surface area contributed by atoms with Crippen molar-refractivity contribution in [2.45, 2.75) is 51.6 Å². The van der Waals surface area contributed by atoms with Gasteiger partial charge < -0.3 is 19.7 Å². The fourth-order valence-electron chi connectivity index (χ4n) is 5.11. The third kappa shape index (κ3) is 5.19. The number of ether oxygens (including phenoxy) is 2. The van der Waals surface area contributed by atoms with Crippen molar-refractivity contribution in [3.8, 4) is 16.9 Å². The van der Waals surface area contributed by atoms with Crippen LogP contribution in [0.1, 0.15) is 33.6 Å². The van der Waals surface area contributed by atoms with Gasteiger partial charge in [0, 0.05) is 30.9 Å². The van der Waals surface area contributed by atoms with Gasteiger partial charge in [-0.3, -0.25) is 0 Å². The Morgan fingerprint density at radius 1 is 1.06 bits per heavy atom. The van der Waals surface area contributed by atoms with Crippen LogP contribution in [0.3, 0.4) is 0 Å². The minimum atomic E-state index is -4.74. The molecule has 2 unspecified atom stereocenters. The molecule has 1 aliphatic carbocycles. The van der Waals surface area contributed by atoms with Crippen molar-refractivity contribution in [3.63, 3.8) is 0 Å². The minimum Gasteiger partial charge on any atom is -0.444 e. The lowest BCUT2D eigenvalue weighted by atomic mass is 9.92. The van der Waals surface area contributed by atoms with Crippen LogP contribution in [0.4, 0.5) is 23.9 Å². The average molecular weight is 504 g/mol. The average Bonchev–Trinajstić information content (AvgIpc) is 3.28. The third-order valence-corrected chi connectivity index (χ3v) is 6.54. The zero-order valence-corrected chi connectivity index (χ0v) is 20.2. The molecule has 2 aliphatic rings. The zero-order chi connectivity index (χ0) is 25.7. The molecule has 3 aromatic rings. The normalized spacial score (nSPS) is 22.1. The number of carbonyl (C=O) groups excluding carboxylic acids is 1. The number of benzene rings is 1. The van der Waals surface area contributed by atoms with Gasteiger partial charge in [-0.05, 0) is 75.3 Å². The van der Waals surface area contributed by atoms with E-state index in [2.05, 4.69) is 20.1 Å². The smallest absolute Gasteiger partial charge is 0.444 e. The Morgan fingerprint density at radius 3 is 2.33 bits per heavy atom. The third-order valence-electron chi connectivity index (χ3n) is 6.54. The van der Waals surface area contributed by atoms with E-state index in [1.807, 2.05) is 32.9 Å². The highest BCUT2D eigenvalue weighted by atomic mass is 19.4. The van der Waals surface area contributed by atoms with Gasteiger partial charge in [0.2, 0.25) is 5.95 Å². The number of likely N-dealkylation sites (tertiary alicyclic amines) is 1. The molecule has 36 heavy (non-hydrogen) atoms. The number of hydrogen-bond acceptors (Lipinski definition) is 6. The van der Waals surface area contributed by atoms with Crippen LogP contribution in [0, 0.1) is 11.8 Å². The largest absolute Gasteiger partial charge is 0.573 e. The van der Waals surface area contributed by atoms with Crippen LogP contribution < -0.4 is 10.1 Å². The topological polar surface area (TPSA) is 81.0 Å². The molecule has 2 aromatic heterocycles. The highest BCUT2D eigenvalue weighted by Gasteiger charge is 2.44. The first-order valence-corrected chi connectivity index (χ1v) is 11.9. The predicted molar refractivity (Wildman–Crippen MR) is 127 cm³/mol. The quantitative estimate of drug-likeness (QED) is 0.517. The van der Waals surface area contributed by atoms with E-state index in [9.17, 15) is 18.0 Å². The van der Waals surface area contributed by atoms with Gasteiger partial charge in [-0.15, -0.1) is 18.3 Å². The molecule has 3 atom stereocenters. The highest BCUT2D eigenvalue weighted by Crippen LogP contribution is 2.39. The van der Waals surface area contributed by atoms with E-state index in [0.29, 0.717) is 30.2 Å². The number of fused-ring (bicyclic) bond motifs is 3. The molecule has 192 valence electrons. The number of hydrogen-bond donors (Lipinski definition) is 1. The number of nitrogens with zero attached hydrogens (tertiary/aromatic N) is 4. The van der Waals surface area contributed by atoms with Gasteiger partial charge in [-0.1, -0.05) is 12.1 Å². The number of amides is 1. The lowest BCUT2D eigenvalue weighted by Crippen LogP contribution is -2.51. The van der Waals surface area contributed by atoms with E-state index < -0.39 is 12.0 Å². The van der Waals surface area contributed by atoms with E-state index in [-0.39, 0.29) is 29.7 Å². The van der Waals surface area contributed by atoms with Gasteiger partial charge in [0.1, 0.15) is 11.4 Å². The lowest BCUT2D eigenvalue weighted by Gasteiger charge is -2.38. The standard InChI is InChI=1S/C25H28F3N5O3/c1-24(2,3)36-23(34)32-13-16-6-7-17(14-32)20(16)29-22-30-21-19(5-4-12-33(21)31-22)15-8-10-18(11-9-15)35-25(26,27)28/h4-5,8-12,16-17,20H,6-7,13-14H2,1-3H3,(H,29,31)/t16-,17?,20?/m0/s1. The Bertz CT molecular complexity index is 1240. The molecular weight excluding hydrogens is 475 g/mol. The SMILES string of the molecule is CC(C)(C)OC(=O)N1CC2CC[C@@H](C1)C2Nc1nc2c(-c3ccc(OC(F)(F)F)cc3)cccn2n1. The number of alkyl halides is 3. The summed E-state index contributed by atoms with van der Waals surface area (Å²) >= 11 is 0. The van der Waals surface area contributed by atoms with Gasteiger partial charge in [0.25, 0.3) is 0 Å². The van der Waals surface area contributed by atoms with Crippen LogP contribution in [0.2, 0.25) is 0 Å². The van der Waals surface area contributed by atoms with Crippen LogP contribution in [0.25, 0.3) is 16.8 Å². The molecule has 1 saturated heterocycles. The molecule has 1 amide bonds. The zero-order valence-electron chi connectivity index (χ0n) is 20.2. The number of rotatable bonds is 4. The molecule has 1 N–H and O–H groups in total. The molecular formula is C25H28F3N5O3. The maximum Gasteiger partial charge on any atom is 0.573 e. The molecule has 8 nitrogen and oxygen atoms in total.